The van der Waals surface area contributed by atoms with E-state index in [-0.39, 0.29) is 5.41 Å². The third-order valence-corrected chi connectivity index (χ3v) is 5.71. The Balaban J connectivity index is 2.17. The predicted molar refractivity (Wildman–Crippen MR) is 89.5 cm³/mol. The molecule has 0 spiro atoms. The molecule has 1 aromatic carbocycles. The number of hydrogen-bond acceptors (Lipinski definition) is 4. The number of anilines is 1. The van der Waals surface area contributed by atoms with Crippen molar-refractivity contribution < 1.29 is 4.21 Å². The smallest absolute Gasteiger partial charge is 0.106 e. The predicted octanol–water partition coefficient (Wildman–Crippen LogP) is 4.09. The Bertz CT molecular complexity index is 647. The van der Waals surface area contributed by atoms with Crippen molar-refractivity contribution in [2.45, 2.75) is 36.8 Å². The lowest BCUT2D eigenvalue weighted by Gasteiger charge is -2.14. The van der Waals surface area contributed by atoms with Crippen LogP contribution in [0.3, 0.4) is 0 Å². The second-order valence-electron chi connectivity index (χ2n) is 5.55. The van der Waals surface area contributed by atoms with Crippen LogP contribution in [0, 0.1) is 0 Å². The van der Waals surface area contributed by atoms with Crippen LogP contribution in [0.5, 0.6) is 0 Å². The van der Waals surface area contributed by atoms with Crippen molar-refractivity contribution in [2.24, 2.45) is 0 Å². The third-order valence-electron chi connectivity index (χ3n) is 2.79. The van der Waals surface area contributed by atoms with Crippen molar-refractivity contribution >= 4 is 43.8 Å². The average molecular weight is 373 g/mol. The van der Waals surface area contributed by atoms with Crippen molar-refractivity contribution in [3.05, 3.63) is 38.8 Å². The van der Waals surface area contributed by atoms with Gasteiger partial charge in [-0.1, -0.05) is 36.7 Å². The van der Waals surface area contributed by atoms with Gasteiger partial charge in [0, 0.05) is 21.0 Å². The molecular formula is C14H17BrN2OS2. The van der Waals surface area contributed by atoms with Crippen molar-refractivity contribution in [3.63, 3.8) is 0 Å². The number of hydrogen-bond donors (Lipinski definition) is 1. The van der Waals surface area contributed by atoms with Crippen molar-refractivity contribution in [2.75, 3.05) is 5.73 Å². The summed E-state index contributed by atoms with van der Waals surface area (Å²) in [5.74, 6) is 0.409. The summed E-state index contributed by atoms with van der Waals surface area (Å²) in [6.45, 7) is 6.36. The lowest BCUT2D eigenvalue weighted by atomic mass is 9.93. The van der Waals surface area contributed by atoms with Gasteiger partial charge in [0.05, 0.1) is 27.1 Å². The minimum Gasteiger partial charge on any atom is -0.398 e. The number of benzene rings is 1. The number of thiazole rings is 1. The lowest BCUT2D eigenvalue weighted by molar-refractivity contribution is 0.571. The highest BCUT2D eigenvalue weighted by Gasteiger charge is 2.18. The van der Waals surface area contributed by atoms with Crippen molar-refractivity contribution in [1.82, 2.24) is 4.98 Å². The molecule has 0 bridgehead atoms. The fourth-order valence-corrected chi connectivity index (χ4v) is 4.40. The first-order valence-corrected chi connectivity index (χ1v) is 9.15. The molecule has 1 atom stereocenters. The standard InChI is InChI=1S/C14H17BrN2OS2/c1-14(2,3)12-7-19-13(17-12)8-20(18)11-5-4-9(15)6-10(11)16/h4-7H,8,16H2,1-3H3. The summed E-state index contributed by atoms with van der Waals surface area (Å²) >= 11 is 4.90. The van der Waals surface area contributed by atoms with Gasteiger partial charge >= 0.3 is 0 Å². The zero-order chi connectivity index (χ0) is 14.9. The fraction of sp³-hybridized carbons (Fsp3) is 0.357. The minimum absolute atomic E-state index is 0.0207. The molecule has 1 aromatic heterocycles. The van der Waals surface area contributed by atoms with Gasteiger partial charge in [0.25, 0.3) is 0 Å². The van der Waals surface area contributed by atoms with Crippen LogP contribution in [-0.4, -0.2) is 9.19 Å². The molecule has 0 amide bonds. The maximum absolute atomic E-state index is 12.4. The molecule has 1 heterocycles. The third kappa shape index (κ3) is 3.68. The second kappa shape index (κ2) is 5.95. The lowest BCUT2D eigenvalue weighted by Crippen LogP contribution is -2.11. The van der Waals surface area contributed by atoms with E-state index in [0.29, 0.717) is 16.3 Å². The Morgan fingerprint density at radius 1 is 1.40 bits per heavy atom. The number of nitrogen functional groups attached to an aromatic ring is 1. The summed E-state index contributed by atoms with van der Waals surface area (Å²) in [6, 6.07) is 5.43. The summed E-state index contributed by atoms with van der Waals surface area (Å²) in [4.78, 5) is 5.24. The van der Waals surface area contributed by atoms with Gasteiger partial charge in [-0.15, -0.1) is 11.3 Å². The number of rotatable bonds is 3. The average Bonchev–Trinajstić information content (AvgIpc) is 2.76. The van der Waals surface area contributed by atoms with E-state index in [0.717, 1.165) is 15.2 Å². The monoisotopic (exact) mass is 372 g/mol. The normalized spacial score (nSPS) is 13.4. The van der Waals surface area contributed by atoms with Gasteiger partial charge in [-0.3, -0.25) is 4.21 Å². The molecule has 0 fully saturated rings. The summed E-state index contributed by atoms with van der Waals surface area (Å²) in [5.41, 5.74) is 7.52. The Morgan fingerprint density at radius 2 is 2.10 bits per heavy atom. The Kier molecular flexibility index (Phi) is 4.66. The number of nitrogens with zero attached hydrogens (tertiary/aromatic N) is 1. The molecule has 0 radical (unpaired) electrons. The molecule has 20 heavy (non-hydrogen) atoms. The van der Waals surface area contributed by atoms with Gasteiger partial charge in [0.1, 0.15) is 5.01 Å². The van der Waals surface area contributed by atoms with Gasteiger partial charge in [0.2, 0.25) is 0 Å². The first-order chi connectivity index (χ1) is 9.27. The van der Waals surface area contributed by atoms with E-state index in [2.05, 4.69) is 41.7 Å². The highest BCUT2D eigenvalue weighted by Crippen LogP contribution is 2.27. The molecule has 2 rings (SSSR count). The van der Waals surface area contributed by atoms with Crippen LogP contribution in [-0.2, 0) is 22.0 Å². The quantitative estimate of drug-likeness (QED) is 0.825. The van der Waals surface area contributed by atoms with Crippen LogP contribution in [0.4, 0.5) is 5.69 Å². The van der Waals surface area contributed by atoms with Crippen molar-refractivity contribution in [1.29, 1.82) is 0 Å². The molecule has 0 saturated heterocycles. The summed E-state index contributed by atoms with van der Waals surface area (Å²) in [7, 11) is -1.17. The first-order valence-electron chi connectivity index (χ1n) is 6.15. The SMILES string of the molecule is CC(C)(C)c1csc(CS(=O)c2ccc(Br)cc2N)n1. The highest BCUT2D eigenvalue weighted by molar-refractivity contribution is 9.10. The maximum atomic E-state index is 12.4. The molecule has 0 aliphatic carbocycles. The molecule has 1 unspecified atom stereocenters. The summed E-state index contributed by atoms with van der Waals surface area (Å²) in [6.07, 6.45) is 0. The number of nitrogens with two attached hydrogens (primary N) is 1. The molecule has 0 aliphatic rings. The van der Waals surface area contributed by atoms with Crippen LogP contribution in [0.25, 0.3) is 0 Å². The highest BCUT2D eigenvalue weighted by atomic mass is 79.9. The molecule has 6 heteroatoms. The number of aromatic nitrogens is 1. The van der Waals surface area contributed by atoms with Gasteiger partial charge < -0.3 is 5.73 Å². The Labute approximate surface area is 134 Å². The zero-order valence-corrected chi connectivity index (χ0v) is 14.9. The summed E-state index contributed by atoms with van der Waals surface area (Å²) in [5, 5.41) is 2.92. The van der Waals surface area contributed by atoms with Crippen molar-refractivity contribution in [3.8, 4) is 0 Å². The minimum atomic E-state index is -1.17. The van der Waals surface area contributed by atoms with E-state index in [4.69, 9.17) is 5.73 Å². The van der Waals surface area contributed by atoms with Crippen LogP contribution in [0.1, 0.15) is 31.5 Å². The molecule has 2 aromatic rings. The van der Waals surface area contributed by atoms with Gasteiger partial charge in [-0.2, -0.15) is 0 Å². The van der Waals surface area contributed by atoms with E-state index in [1.165, 1.54) is 0 Å². The second-order valence-corrected chi connectivity index (χ2v) is 8.83. The molecule has 0 saturated carbocycles. The summed E-state index contributed by atoms with van der Waals surface area (Å²) < 4.78 is 13.3. The Morgan fingerprint density at radius 3 is 2.65 bits per heavy atom. The molecule has 0 aliphatic heterocycles. The zero-order valence-electron chi connectivity index (χ0n) is 11.6. The molecule has 108 valence electrons. The van der Waals surface area contributed by atoms with Crippen LogP contribution in [0.15, 0.2) is 32.9 Å². The van der Waals surface area contributed by atoms with Gasteiger partial charge in [-0.05, 0) is 18.2 Å². The fourth-order valence-electron chi connectivity index (χ4n) is 1.64. The molecular weight excluding hydrogens is 356 g/mol. The van der Waals surface area contributed by atoms with Gasteiger partial charge in [0.15, 0.2) is 0 Å². The first kappa shape index (κ1) is 15.7. The van der Waals surface area contributed by atoms with Crippen LogP contribution >= 0.6 is 27.3 Å². The maximum Gasteiger partial charge on any atom is 0.106 e. The van der Waals surface area contributed by atoms with E-state index < -0.39 is 10.8 Å². The Hall–Kier alpha value is -0.720. The van der Waals surface area contributed by atoms with Gasteiger partial charge in [-0.25, -0.2) is 4.98 Å². The van der Waals surface area contributed by atoms with E-state index in [9.17, 15) is 4.21 Å². The van der Waals surface area contributed by atoms with E-state index in [1.807, 2.05) is 11.4 Å². The van der Waals surface area contributed by atoms with Crippen LogP contribution in [0.2, 0.25) is 0 Å². The van der Waals surface area contributed by atoms with Crippen LogP contribution < -0.4 is 5.73 Å². The largest absolute Gasteiger partial charge is 0.398 e. The van der Waals surface area contributed by atoms with E-state index >= 15 is 0 Å². The molecule has 2 N–H and O–H groups in total. The topological polar surface area (TPSA) is 56.0 Å². The molecule has 3 nitrogen and oxygen atoms in total. The van der Waals surface area contributed by atoms with E-state index in [1.54, 1.807) is 23.5 Å². The number of halogens is 1.